The summed E-state index contributed by atoms with van der Waals surface area (Å²) in [6, 6.07) is 7.90. The summed E-state index contributed by atoms with van der Waals surface area (Å²) in [4.78, 5) is 0. The molecule has 23 heavy (non-hydrogen) atoms. The maximum absolute atomic E-state index is 8.99. The predicted molar refractivity (Wildman–Crippen MR) is 98.4 cm³/mol. The van der Waals surface area contributed by atoms with Crippen LogP contribution >= 0.6 is 0 Å². The molecular formula is C21H34O2. The second kappa shape index (κ2) is 14.5. The van der Waals surface area contributed by atoms with Gasteiger partial charge >= 0.3 is 0 Å². The van der Waals surface area contributed by atoms with E-state index in [9.17, 15) is 0 Å². The zero-order chi connectivity index (χ0) is 16.6. The van der Waals surface area contributed by atoms with E-state index in [0.717, 1.165) is 11.1 Å². The molecule has 0 aliphatic carbocycles. The summed E-state index contributed by atoms with van der Waals surface area (Å²) in [6.45, 7) is 3.68. The Hall–Kier alpha value is -1.12. The Kier molecular flexibility index (Phi) is 12.5. The SMILES string of the molecule is CCCCCCCCCC/C=C\COCc1ccc(CO)cc1. The average Bonchev–Trinajstić information content (AvgIpc) is 2.59. The van der Waals surface area contributed by atoms with Crippen LogP contribution in [0.15, 0.2) is 36.4 Å². The molecule has 2 nitrogen and oxygen atoms in total. The van der Waals surface area contributed by atoms with Crippen molar-refractivity contribution in [2.24, 2.45) is 0 Å². The number of rotatable bonds is 14. The van der Waals surface area contributed by atoms with Crippen LogP contribution in [0.25, 0.3) is 0 Å². The van der Waals surface area contributed by atoms with Gasteiger partial charge in [-0.1, -0.05) is 88.3 Å². The van der Waals surface area contributed by atoms with Crippen molar-refractivity contribution in [2.75, 3.05) is 6.61 Å². The van der Waals surface area contributed by atoms with Crippen LogP contribution in [0.5, 0.6) is 0 Å². The Labute approximate surface area is 142 Å². The van der Waals surface area contributed by atoms with E-state index in [1.165, 1.54) is 57.8 Å². The maximum Gasteiger partial charge on any atom is 0.0721 e. The Balaban J connectivity index is 1.90. The highest BCUT2D eigenvalue weighted by Crippen LogP contribution is 2.10. The molecule has 0 fully saturated rings. The number of benzene rings is 1. The van der Waals surface area contributed by atoms with Crippen LogP contribution in [-0.2, 0) is 18.0 Å². The molecule has 130 valence electrons. The van der Waals surface area contributed by atoms with E-state index >= 15 is 0 Å². The lowest BCUT2D eigenvalue weighted by Crippen LogP contribution is -1.93. The molecule has 0 heterocycles. The molecule has 2 heteroatoms. The van der Waals surface area contributed by atoms with Crippen molar-refractivity contribution in [3.63, 3.8) is 0 Å². The lowest BCUT2D eigenvalue weighted by Gasteiger charge is -2.03. The highest BCUT2D eigenvalue weighted by atomic mass is 16.5. The summed E-state index contributed by atoms with van der Waals surface area (Å²) in [5.41, 5.74) is 2.10. The number of hydrogen-bond donors (Lipinski definition) is 1. The minimum atomic E-state index is 0.0998. The summed E-state index contributed by atoms with van der Waals surface area (Å²) < 4.78 is 5.63. The van der Waals surface area contributed by atoms with Gasteiger partial charge in [-0.05, 0) is 24.0 Å². The molecule has 1 aromatic rings. The quantitative estimate of drug-likeness (QED) is 0.348. The number of ether oxygens (including phenoxy) is 1. The van der Waals surface area contributed by atoms with Crippen LogP contribution in [0, 0.1) is 0 Å². The van der Waals surface area contributed by atoms with Gasteiger partial charge in [-0.15, -0.1) is 0 Å². The van der Waals surface area contributed by atoms with Gasteiger partial charge in [-0.25, -0.2) is 0 Å². The van der Waals surface area contributed by atoms with E-state index in [0.29, 0.717) is 13.2 Å². The fraction of sp³-hybridized carbons (Fsp3) is 0.619. The van der Waals surface area contributed by atoms with Crippen LogP contribution in [0.4, 0.5) is 0 Å². The minimum Gasteiger partial charge on any atom is -0.392 e. The van der Waals surface area contributed by atoms with E-state index in [1.54, 1.807) is 0 Å². The predicted octanol–water partition coefficient (Wildman–Crippen LogP) is 5.78. The normalized spacial score (nSPS) is 11.4. The Bertz CT molecular complexity index is 395. The van der Waals surface area contributed by atoms with E-state index in [4.69, 9.17) is 9.84 Å². The standard InChI is InChI=1S/C21H34O2/c1-2-3-4-5-6-7-8-9-10-11-12-17-23-19-21-15-13-20(18-22)14-16-21/h11-16,22H,2-10,17-19H2,1H3/b12-11-. The molecule has 0 saturated carbocycles. The van der Waals surface area contributed by atoms with Crippen molar-refractivity contribution in [2.45, 2.75) is 77.9 Å². The first-order valence-electron chi connectivity index (χ1n) is 9.28. The van der Waals surface area contributed by atoms with E-state index in [-0.39, 0.29) is 6.61 Å². The van der Waals surface area contributed by atoms with Gasteiger partial charge in [0.1, 0.15) is 0 Å². The molecule has 0 spiro atoms. The number of aliphatic hydroxyl groups excluding tert-OH is 1. The van der Waals surface area contributed by atoms with Crippen molar-refractivity contribution >= 4 is 0 Å². The molecular weight excluding hydrogens is 284 g/mol. The molecule has 0 atom stereocenters. The van der Waals surface area contributed by atoms with Crippen molar-refractivity contribution < 1.29 is 9.84 Å². The monoisotopic (exact) mass is 318 g/mol. The van der Waals surface area contributed by atoms with E-state index in [1.807, 2.05) is 24.3 Å². The Morgan fingerprint density at radius 2 is 1.43 bits per heavy atom. The van der Waals surface area contributed by atoms with Crippen LogP contribution in [-0.4, -0.2) is 11.7 Å². The average molecular weight is 319 g/mol. The van der Waals surface area contributed by atoms with E-state index in [2.05, 4.69) is 19.1 Å². The molecule has 1 rings (SSSR count). The third kappa shape index (κ3) is 11.1. The molecule has 1 aromatic carbocycles. The first kappa shape index (κ1) is 19.9. The van der Waals surface area contributed by atoms with Gasteiger partial charge in [-0.3, -0.25) is 0 Å². The number of hydrogen-bond acceptors (Lipinski definition) is 2. The molecule has 0 radical (unpaired) electrons. The van der Waals surface area contributed by atoms with Gasteiger partial charge in [0, 0.05) is 0 Å². The molecule has 0 aromatic heterocycles. The maximum atomic E-state index is 8.99. The first-order chi connectivity index (χ1) is 11.4. The van der Waals surface area contributed by atoms with E-state index < -0.39 is 0 Å². The summed E-state index contributed by atoms with van der Waals surface area (Å²) in [5, 5.41) is 8.99. The number of unbranched alkanes of at least 4 members (excludes halogenated alkanes) is 8. The lowest BCUT2D eigenvalue weighted by atomic mass is 10.1. The molecule has 0 unspecified atom stereocenters. The van der Waals surface area contributed by atoms with Gasteiger partial charge in [0.25, 0.3) is 0 Å². The van der Waals surface area contributed by atoms with Crippen LogP contribution in [0.1, 0.15) is 75.8 Å². The second-order valence-electron chi connectivity index (χ2n) is 6.22. The second-order valence-corrected chi connectivity index (χ2v) is 6.22. The Morgan fingerprint density at radius 3 is 2.09 bits per heavy atom. The summed E-state index contributed by atoms with van der Waals surface area (Å²) in [6.07, 6.45) is 16.5. The van der Waals surface area contributed by atoms with Gasteiger partial charge in [-0.2, -0.15) is 0 Å². The van der Waals surface area contributed by atoms with Crippen LogP contribution in [0.3, 0.4) is 0 Å². The zero-order valence-corrected chi connectivity index (χ0v) is 14.8. The summed E-state index contributed by atoms with van der Waals surface area (Å²) >= 11 is 0. The minimum absolute atomic E-state index is 0.0998. The summed E-state index contributed by atoms with van der Waals surface area (Å²) in [5.74, 6) is 0. The van der Waals surface area contributed by atoms with Crippen molar-refractivity contribution in [3.8, 4) is 0 Å². The molecule has 0 amide bonds. The first-order valence-corrected chi connectivity index (χ1v) is 9.28. The lowest BCUT2D eigenvalue weighted by molar-refractivity contribution is 0.148. The summed E-state index contributed by atoms with van der Waals surface area (Å²) in [7, 11) is 0. The third-order valence-corrected chi connectivity index (χ3v) is 4.08. The number of aliphatic hydroxyl groups is 1. The molecule has 0 bridgehead atoms. The van der Waals surface area contributed by atoms with Gasteiger partial charge in [0.15, 0.2) is 0 Å². The zero-order valence-electron chi connectivity index (χ0n) is 14.8. The van der Waals surface area contributed by atoms with Crippen LogP contribution in [0.2, 0.25) is 0 Å². The van der Waals surface area contributed by atoms with Gasteiger partial charge in [0.2, 0.25) is 0 Å². The molecule has 0 aliphatic rings. The van der Waals surface area contributed by atoms with Crippen molar-refractivity contribution in [3.05, 3.63) is 47.5 Å². The van der Waals surface area contributed by atoms with Crippen molar-refractivity contribution in [1.82, 2.24) is 0 Å². The fourth-order valence-electron chi connectivity index (χ4n) is 2.57. The van der Waals surface area contributed by atoms with Gasteiger partial charge in [0.05, 0.1) is 19.8 Å². The van der Waals surface area contributed by atoms with Crippen molar-refractivity contribution in [1.29, 1.82) is 0 Å². The largest absolute Gasteiger partial charge is 0.392 e. The smallest absolute Gasteiger partial charge is 0.0721 e. The van der Waals surface area contributed by atoms with Crippen LogP contribution < -0.4 is 0 Å². The molecule has 1 N–H and O–H groups in total. The number of allylic oxidation sites excluding steroid dienone is 1. The molecule has 0 aliphatic heterocycles. The Morgan fingerprint density at radius 1 is 0.826 bits per heavy atom. The molecule has 0 saturated heterocycles. The third-order valence-electron chi connectivity index (χ3n) is 4.08. The van der Waals surface area contributed by atoms with Gasteiger partial charge < -0.3 is 9.84 Å². The fourth-order valence-corrected chi connectivity index (χ4v) is 2.57. The topological polar surface area (TPSA) is 29.5 Å². The highest BCUT2D eigenvalue weighted by Gasteiger charge is 1.94. The highest BCUT2D eigenvalue weighted by molar-refractivity contribution is 5.21.